The summed E-state index contributed by atoms with van der Waals surface area (Å²) in [4.78, 5) is 23.7. The van der Waals surface area contributed by atoms with E-state index in [0.29, 0.717) is 17.6 Å². The minimum atomic E-state index is -1.02. The van der Waals surface area contributed by atoms with Gasteiger partial charge in [0.2, 0.25) is 0 Å². The number of rotatable bonds is 5. The van der Waals surface area contributed by atoms with Crippen LogP contribution in [0.15, 0.2) is 42.5 Å². The third-order valence-electron chi connectivity index (χ3n) is 4.47. The Morgan fingerprint density at radius 3 is 2.44 bits per heavy atom. The maximum absolute atomic E-state index is 12.3. The lowest BCUT2D eigenvalue weighted by Gasteiger charge is -2.09. The molecule has 0 radical (unpaired) electrons. The van der Waals surface area contributed by atoms with Gasteiger partial charge in [-0.05, 0) is 43.5 Å². The van der Waals surface area contributed by atoms with E-state index < -0.39 is 11.7 Å². The number of benzene rings is 2. The standard InChI is InChI=1S/C20H20N2O3/c1-12-10-15-18(16(23)11-12)17(19(24)20(21)25)13(2)22(15)9-8-14-6-4-3-5-7-14/h3-7,10-11,23H,8-9H2,1-2H3,(H2,21,25). The molecule has 5 nitrogen and oxygen atoms in total. The number of fused-ring (bicyclic) bond motifs is 1. The van der Waals surface area contributed by atoms with Crippen LogP contribution >= 0.6 is 0 Å². The van der Waals surface area contributed by atoms with Crippen LogP contribution in [0.5, 0.6) is 5.75 Å². The van der Waals surface area contributed by atoms with Gasteiger partial charge in [-0.1, -0.05) is 30.3 Å². The second-order valence-electron chi connectivity index (χ2n) is 6.22. The summed E-state index contributed by atoms with van der Waals surface area (Å²) in [7, 11) is 0. The first-order valence-electron chi connectivity index (χ1n) is 8.10. The number of nitrogens with two attached hydrogens (primary N) is 1. The molecule has 0 spiro atoms. The zero-order valence-electron chi connectivity index (χ0n) is 14.2. The van der Waals surface area contributed by atoms with Gasteiger partial charge in [0.1, 0.15) is 5.75 Å². The molecule has 1 heterocycles. The lowest BCUT2D eigenvalue weighted by molar-refractivity contribution is -0.114. The molecule has 0 saturated heterocycles. The number of carbonyl (C=O) groups is 2. The Labute approximate surface area is 145 Å². The van der Waals surface area contributed by atoms with Crippen molar-refractivity contribution in [1.29, 1.82) is 0 Å². The molecule has 3 N–H and O–H groups in total. The van der Waals surface area contributed by atoms with Gasteiger partial charge in [-0.15, -0.1) is 0 Å². The molecule has 5 heteroatoms. The van der Waals surface area contributed by atoms with Crippen molar-refractivity contribution in [3.8, 4) is 5.75 Å². The Hall–Kier alpha value is -3.08. The summed E-state index contributed by atoms with van der Waals surface area (Å²) in [5.41, 5.74) is 8.80. The second kappa shape index (κ2) is 6.43. The van der Waals surface area contributed by atoms with Crippen molar-refractivity contribution < 1.29 is 14.7 Å². The summed E-state index contributed by atoms with van der Waals surface area (Å²) in [5.74, 6) is -1.81. The highest BCUT2D eigenvalue weighted by Crippen LogP contribution is 2.34. The van der Waals surface area contributed by atoms with Gasteiger partial charge >= 0.3 is 0 Å². The number of ketones is 1. The van der Waals surface area contributed by atoms with Crippen molar-refractivity contribution in [2.24, 2.45) is 5.73 Å². The molecule has 0 unspecified atom stereocenters. The third kappa shape index (κ3) is 3.01. The molecule has 0 aliphatic carbocycles. The van der Waals surface area contributed by atoms with E-state index >= 15 is 0 Å². The first-order chi connectivity index (χ1) is 11.9. The predicted octanol–water partition coefficient (Wildman–Crippen LogP) is 2.87. The van der Waals surface area contributed by atoms with Crippen LogP contribution < -0.4 is 5.73 Å². The fraction of sp³-hybridized carbons (Fsp3) is 0.200. The van der Waals surface area contributed by atoms with E-state index in [0.717, 1.165) is 17.5 Å². The number of primary amides is 1. The smallest absolute Gasteiger partial charge is 0.289 e. The quantitative estimate of drug-likeness (QED) is 0.555. The highest BCUT2D eigenvalue weighted by molar-refractivity contribution is 6.45. The average Bonchev–Trinajstić information content (AvgIpc) is 2.85. The van der Waals surface area contributed by atoms with Gasteiger partial charge in [-0.25, -0.2) is 0 Å². The van der Waals surface area contributed by atoms with Gasteiger partial charge in [0.25, 0.3) is 11.7 Å². The number of phenolic OH excluding ortho intramolecular Hbond substituents is 1. The fourth-order valence-corrected chi connectivity index (χ4v) is 3.29. The number of hydrogen-bond acceptors (Lipinski definition) is 3. The lowest BCUT2D eigenvalue weighted by Crippen LogP contribution is -2.23. The van der Waals surface area contributed by atoms with Crippen LogP contribution in [0.1, 0.15) is 27.2 Å². The van der Waals surface area contributed by atoms with Gasteiger partial charge in [0.15, 0.2) is 0 Å². The molecule has 0 saturated carbocycles. The Kier molecular flexibility index (Phi) is 4.31. The molecule has 3 rings (SSSR count). The summed E-state index contributed by atoms with van der Waals surface area (Å²) in [5, 5.41) is 10.8. The zero-order valence-corrected chi connectivity index (χ0v) is 14.2. The van der Waals surface area contributed by atoms with Gasteiger partial charge in [-0.2, -0.15) is 0 Å². The number of carbonyl (C=O) groups excluding carboxylic acids is 2. The average molecular weight is 336 g/mol. The number of hydrogen-bond donors (Lipinski definition) is 2. The van der Waals surface area contributed by atoms with E-state index in [1.54, 1.807) is 13.0 Å². The van der Waals surface area contributed by atoms with Crippen LogP contribution in [0.3, 0.4) is 0 Å². The number of nitrogens with zero attached hydrogens (tertiary/aromatic N) is 1. The Morgan fingerprint density at radius 1 is 1.12 bits per heavy atom. The number of phenols is 1. The number of aromatic hydroxyl groups is 1. The SMILES string of the molecule is Cc1cc(O)c2c(C(=O)C(N)=O)c(C)n(CCc3ccccc3)c2c1. The molecule has 2 aromatic carbocycles. The van der Waals surface area contributed by atoms with E-state index in [2.05, 4.69) is 0 Å². The highest BCUT2D eigenvalue weighted by atomic mass is 16.3. The number of aryl methyl sites for hydroxylation is 3. The van der Waals surface area contributed by atoms with Crippen molar-refractivity contribution in [2.45, 2.75) is 26.8 Å². The first-order valence-corrected chi connectivity index (χ1v) is 8.10. The molecule has 1 aromatic heterocycles. The Balaban J connectivity index is 2.16. The van der Waals surface area contributed by atoms with Crippen LogP contribution in [0.4, 0.5) is 0 Å². The molecular weight excluding hydrogens is 316 g/mol. The van der Waals surface area contributed by atoms with Gasteiger partial charge in [0.05, 0.1) is 16.5 Å². The topological polar surface area (TPSA) is 85.3 Å². The third-order valence-corrected chi connectivity index (χ3v) is 4.47. The summed E-state index contributed by atoms with van der Waals surface area (Å²) in [6.45, 7) is 4.27. The fourth-order valence-electron chi connectivity index (χ4n) is 3.29. The molecule has 0 fully saturated rings. The van der Waals surface area contributed by atoms with Crippen molar-refractivity contribution in [3.63, 3.8) is 0 Å². The largest absolute Gasteiger partial charge is 0.507 e. The van der Waals surface area contributed by atoms with Crippen molar-refractivity contribution in [2.75, 3.05) is 0 Å². The molecular formula is C20H20N2O3. The molecule has 25 heavy (non-hydrogen) atoms. The maximum Gasteiger partial charge on any atom is 0.289 e. The molecule has 0 aliphatic rings. The van der Waals surface area contributed by atoms with Crippen LogP contribution in [0.25, 0.3) is 10.9 Å². The molecule has 3 aromatic rings. The lowest BCUT2D eigenvalue weighted by atomic mass is 10.0. The summed E-state index contributed by atoms with van der Waals surface area (Å²) < 4.78 is 1.96. The summed E-state index contributed by atoms with van der Waals surface area (Å²) in [6, 6.07) is 13.5. The summed E-state index contributed by atoms with van der Waals surface area (Å²) >= 11 is 0. The molecule has 0 bridgehead atoms. The van der Waals surface area contributed by atoms with E-state index in [4.69, 9.17) is 5.73 Å². The molecule has 128 valence electrons. The van der Waals surface area contributed by atoms with Gasteiger partial charge in [-0.3, -0.25) is 9.59 Å². The Bertz CT molecular complexity index is 972. The van der Waals surface area contributed by atoms with Crippen LogP contribution in [0, 0.1) is 13.8 Å². The van der Waals surface area contributed by atoms with Gasteiger partial charge in [0, 0.05) is 12.2 Å². The second-order valence-corrected chi connectivity index (χ2v) is 6.22. The monoisotopic (exact) mass is 336 g/mol. The van der Waals surface area contributed by atoms with Crippen LogP contribution in [0.2, 0.25) is 0 Å². The maximum atomic E-state index is 12.3. The van der Waals surface area contributed by atoms with Crippen LogP contribution in [-0.4, -0.2) is 21.4 Å². The van der Waals surface area contributed by atoms with E-state index in [1.807, 2.05) is 47.9 Å². The number of aromatic nitrogens is 1. The molecule has 1 amide bonds. The van der Waals surface area contributed by atoms with Crippen molar-refractivity contribution in [3.05, 3.63) is 64.8 Å². The van der Waals surface area contributed by atoms with Crippen molar-refractivity contribution >= 4 is 22.6 Å². The Morgan fingerprint density at radius 2 is 1.80 bits per heavy atom. The van der Waals surface area contributed by atoms with Crippen LogP contribution in [-0.2, 0) is 17.8 Å². The van der Waals surface area contributed by atoms with Crippen molar-refractivity contribution in [1.82, 2.24) is 4.57 Å². The normalized spacial score (nSPS) is 11.0. The first kappa shape index (κ1) is 16.8. The minimum absolute atomic E-state index is 0.0128. The van der Waals surface area contributed by atoms with E-state index in [1.165, 1.54) is 5.56 Å². The predicted molar refractivity (Wildman–Crippen MR) is 96.7 cm³/mol. The van der Waals surface area contributed by atoms with E-state index in [9.17, 15) is 14.7 Å². The zero-order chi connectivity index (χ0) is 18.1. The highest BCUT2D eigenvalue weighted by Gasteiger charge is 2.25. The number of Topliss-reactive ketones (excluding diaryl/α,β-unsaturated/α-hetero) is 1. The summed E-state index contributed by atoms with van der Waals surface area (Å²) in [6.07, 6.45) is 0.768. The number of amides is 1. The molecule has 0 atom stereocenters. The van der Waals surface area contributed by atoms with Gasteiger partial charge < -0.3 is 15.4 Å². The minimum Gasteiger partial charge on any atom is -0.507 e. The molecule has 0 aliphatic heterocycles. The van der Waals surface area contributed by atoms with E-state index in [-0.39, 0.29) is 11.3 Å².